The van der Waals surface area contributed by atoms with Crippen LogP contribution in [0.2, 0.25) is 0 Å². The number of sulfonamides is 1. The molecule has 2 aromatic carbocycles. The van der Waals surface area contributed by atoms with Crippen molar-refractivity contribution in [3.63, 3.8) is 0 Å². The van der Waals surface area contributed by atoms with Gasteiger partial charge in [0.2, 0.25) is 15.9 Å². The number of aromatic nitrogens is 1. The molecule has 7 heteroatoms. The van der Waals surface area contributed by atoms with Crippen molar-refractivity contribution in [1.29, 1.82) is 0 Å². The van der Waals surface area contributed by atoms with Gasteiger partial charge in [0.15, 0.2) is 0 Å². The van der Waals surface area contributed by atoms with E-state index in [1.54, 1.807) is 48.7 Å². The van der Waals surface area contributed by atoms with Gasteiger partial charge in [0.25, 0.3) is 0 Å². The number of hydrogen-bond acceptors (Lipinski definition) is 5. The maximum absolute atomic E-state index is 12.1. The van der Waals surface area contributed by atoms with Crippen LogP contribution in [0.3, 0.4) is 0 Å². The van der Waals surface area contributed by atoms with E-state index < -0.39 is 10.0 Å². The van der Waals surface area contributed by atoms with E-state index in [0.29, 0.717) is 17.4 Å². The summed E-state index contributed by atoms with van der Waals surface area (Å²) < 4.78 is 37.9. The third-order valence-electron chi connectivity index (χ3n) is 3.62. The van der Waals surface area contributed by atoms with Crippen molar-refractivity contribution in [3.05, 3.63) is 84.6 Å². The molecule has 0 saturated carbocycles. The first-order valence-corrected chi connectivity index (χ1v) is 10.1. The van der Waals surface area contributed by atoms with Crippen LogP contribution in [0.5, 0.6) is 17.4 Å². The normalized spacial score (nSPS) is 11.1. The van der Waals surface area contributed by atoms with Crippen LogP contribution in [0.4, 0.5) is 0 Å². The second-order valence-corrected chi connectivity index (χ2v) is 7.65. The van der Waals surface area contributed by atoms with Crippen LogP contribution in [-0.4, -0.2) is 25.8 Å². The first-order chi connectivity index (χ1) is 13.1. The number of nitrogens with one attached hydrogen (secondary N) is 1. The summed E-state index contributed by atoms with van der Waals surface area (Å²) in [6, 6.07) is 21.7. The molecule has 0 fully saturated rings. The van der Waals surface area contributed by atoms with Gasteiger partial charge >= 0.3 is 0 Å². The fourth-order valence-electron chi connectivity index (χ4n) is 2.30. The summed E-state index contributed by atoms with van der Waals surface area (Å²) in [7, 11) is -3.45. The number of para-hydroxylation sites is 1. The SMILES string of the molecule is O=S(=O)(CCOc1ccccc1)NCc1cccc(Oc2ccccn2)c1. The summed E-state index contributed by atoms with van der Waals surface area (Å²) >= 11 is 0. The Balaban J connectivity index is 1.50. The van der Waals surface area contributed by atoms with Crippen molar-refractivity contribution < 1.29 is 17.9 Å². The van der Waals surface area contributed by atoms with Gasteiger partial charge in [0.1, 0.15) is 18.1 Å². The lowest BCUT2D eigenvalue weighted by Gasteiger charge is -2.10. The molecular formula is C20H20N2O4S. The van der Waals surface area contributed by atoms with Crippen LogP contribution in [0.1, 0.15) is 5.56 Å². The van der Waals surface area contributed by atoms with Gasteiger partial charge in [-0.2, -0.15) is 0 Å². The molecule has 0 spiro atoms. The van der Waals surface area contributed by atoms with Gasteiger partial charge in [-0.1, -0.05) is 36.4 Å². The van der Waals surface area contributed by atoms with Crippen LogP contribution in [-0.2, 0) is 16.6 Å². The second-order valence-electron chi connectivity index (χ2n) is 5.72. The van der Waals surface area contributed by atoms with Gasteiger partial charge in [0, 0.05) is 18.8 Å². The van der Waals surface area contributed by atoms with Gasteiger partial charge in [-0.05, 0) is 35.9 Å². The monoisotopic (exact) mass is 384 g/mol. The average molecular weight is 384 g/mol. The van der Waals surface area contributed by atoms with E-state index in [0.717, 1.165) is 5.56 Å². The highest BCUT2D eigenvalue weighted by Gasteiger charge is 2.11. The smallest absolute Gasteiger partial charge is 0.219 e. The van der Waals surface area contributed by atoms with Crippen molar-refractivity contribution in [2.45, 2.75) is 6.54 Å². The maximum Gasteiger partial charge on any atom is 0.219 e. The van der Waals surface area contributed by atoms with E-state index in [9.17, 15) is 8.42 Å². The highest BCUT2D eigenvalue weighted by atomic mass is 32.2. The Labute approximate surface area is 158 Å². The molecule has 3 aromatic rings. The number of nitrogens with zero attached hydrogens (tertiary/aromatic N) is 1. The molecule has 1 heterocycles. The van der Waals surface area contributed by atoms with E-state index in [1.165, 1.54) is 0 Å². The van der Waals surface area contributed by atoms with Crippen molar-refractivity contribution in [2.24, 2.45) is 0 Å². The van der Waals surface area contributed by atoms with Gasteiger partial charge in [-0.15, -0.1) is 0 Å². The number of hydrogen-bond donors (Lipinski definition) is 1. The number of rotatable bonds is 9. The van der Waals surface area contributed by atoms with E-state index in [1.807, 2.05) is 30.3 Å². The summed E-state index contributed by atoms with van der Waals surface area (Å²) in [5, 5.41) is 0. The first kappa shape index (κ1) is 18.9. The molecule has 140 valence electrons. The lowest BCUT2D eigenvalue weighted by atomic mass is 10.2. The van der Waals surface area contributed by atoms with Crippen molar-refractivity contribution >= 4 is 10.0 Å². The number of benzene rings is 2. The molecule has 1 aromatic heterocycles. The lowest BCUT2D eigenvalue weighted by Crippen LogP contribution is -2.28. The van der Waals surface area contributed by atoms with Crippen molar-refractivity contribution in [1.82, 2.24) is 9.71 Å². The molecule has 0 aliphatic rings. The third kappa shape index (κ3) is 6.40. The molecule has 1 N–H and O–H groups in total. The molecule has 0 atom stereocenters. The highest BCUT2D eigenvalue weighted by Crippen LogP contribution is 2.20. The maximum atomic E-state index is 12.1. The Hall–Kier alpha value is -2.90. The molecule has 0 aliphatic carbocycles. The lowest BCUT2D eigenvalue weighted by molar-refractivity contribution is 0.340. The van der Waals surface area contributed by atoms with Gasteiger partial charge in [0.05, 0.1) is 5.75 Å². The summed E-state index contributed by atoms with van der Waals surface area (Å²) in [5.41, 5.74) is 0.788. The molecule has 6 nitrogen and oxygen atoms in total. The summed E-state index contributed by atoms with van der Waals surface area (Å²) in [4.78, 5) is 4.10. The Morgan fingerprint density at radius 2 is 1.67 bits per heavy atom. The largest absolute Gasteiger partial charge is 0.492 e. The molecule has 0 radical (unpaired) electrons. The second kappa shape index (κ2) is 9.16. The van der Waals surface area contributed by atoms with Gasteiger partial charge < -0.3 is 9.47 Å². The Morgan fingerprint density at radius 1 is 0.889 bits per heavy atom. The van der Waals surface area contributed by atoms with Crippen LogP contribution in [0.15, 0.2) is 79.0 Å². The van der Waals surface area contributed by atoms with Gasteiger partial charge in [-0.3, -0.25) is 0 Å². The fourth-order valence-corrected chi connectivity index (χ4v) is 3.13. The van der Waals surface area contributed by atoms with Crippen LogP contribution >= 0.6 is 0 Å². The van der Waals surface area contributed by atoms with Crippen molar-refractivity contribution in [3.8, 4) is 17.4 Å². The van der Waals surface area contributed by atoms with Gasteiger partial charge in [-0.25, -0.2) is 18.1 Å². The van der Waals surface area contributed by atoms with E-state index in [-0.39, 0.29) is 18.9 Å². The standard InChI is InChI=1S/C20H20N2O4S/c23-27(24,14-13-25-18-8-2-1-3-9-18)22-16-17-7-6-10-19(15-17)26-20-11-4-5-12-21-20/h1-12,15,22H,13-14,16H2. The Kier molecular flexibility index (Phi) is 6.40. The topological polar surface area (TPSA) is 77.5 Å². The molecule has 3 rings (SSSR count). The van der Waals surface area contributed by atoms with Crippen LogP contribution < -0.4 is 14.2 Å². The zero-order valence-electron chi connectivity index (χ0n) is 14.6. The molecule has 27 heavy (non-hydrogen) atoms. The molecule has 0 unspecified atom stereocenters. The minimum atomic E-state index is -3.45. The Morgan fingerprint density at radius 3 is 2.44 bits per heavy atom. The zero-order valence-corrected chi connectivity index (χ0v) is 15.4. The zero-order chi connectivity index (χ0) is 19.0. The fraction of sp³-hybridized carbons (Fsp3) is 0.150. The molecule has 0 amide bonds. The van der Waals surface area contributed by atoms with Crippen LogP contribution in [0.25, 0.3) is 0 Å². The third-order valence-corrected chi connectivity index (χ3v) is 4.91. The minimum absolute atomic E-state index is 0.0855. The number of pyridine rings is 1. The molecule has 0 bridgehead atoms. The molecule has 0 aliphatic heterocycles. The summed E-state index contributed by atoms with van der Waals surface area (Å²) in [5.74, 6) is 1.60. The van der Waals surface area contributed by atoms with Crippen LogP contribution in [0, 0.1) is 0 Å². The predicted octanol–water partition coefficient (Wildman–Crippen LogP) is 3.37. The highest BCUT2D eigenvalue weighted by molar-refractivity contribution is 7.89. The first-order valence-electron chi connectivity index (χ1n) is 8.44. The van der Waals surface area contributed by atoms with E-state index >= 15 is 0 Å². The quantitative estimate of drug-likeness (QED) is 0.612. The molecular weight excluding hydrogens is 364 g/mol. The average Bonchev–Trinajstić information content (AvgIpc) is 2.68. The van der Waals surface area contributed by atoms with E-state index in [4.69, 9.17) is 9.47 Å². The summed E-state index contributed by atoms with van der Waals surface area (Å²) in [6.07, 6.45) is 1.64. The van der Waals surface area contributed by atoms with E-state index in [2.05, 4.69) is 9.71 Å². The predicted molar refractivity (Wildman–Crippen MR) is 103 cm³/mol. The summed E-state index contributed by atoms with van der Waals surface area (Å²) in [6.45, 7) is 0.259. The minimum Gasteiger partial charge on any atom is -0.492 e. The molecule has 0 saturated heterocycles. The van der Waals surface area contributed by atoms with Crippen molar-refractivity contribution in [2.75, 3.05) is 12.4 Å². The number of ether oxygens (including phenoxy) is 2. The Bertz CT molecular complexity index is 948.